The van der Waals surface area contributed by atoms with Gasteiger partial charge in [-0.15, -0.1) is 10.2 Å². The van der Waals surface area contributed by atoms with Crippen molar-refractivity contribution < 1.29 is 9.59 Å². The molecule has 1 saturated heterocycles. The van der Waals surface area contributed by atoms with Gasteiger partial charge < -0.3 is 0 Å². The van der Waals surface area contributed by atoms with Crippen molar-refractivity contribution in [3.8, 4) is 0 Å². The minimum atomic E-state index is -0.434. The van der Waals surface area contributed by atoms with Crippen molar-refractivity contribution in [3.05, 3.63) is 5.82 Å². The van der Waals surface area contributed by atoms with E-state index in [-0.39, 0.29) is 24.7 Å². The molecule has 1 N–H and O–H groups in total. The molecule has 1 aromatic heterocycles. The van der Waals surface area contributed by atoms with E-state index in [1.807, 2.05) is 0 Å². The van der Waals surface area contributed by atoms with Gasteiger partial charge in [-0.2, -0.15) is 5.21 Å². The summed E-state index contributed by atoms with van der Waals surface area (Å²) in [6.45, 7) is 1.70. The van der Waals surface area contributed by atoms with Gasteiger partial charge in [-0.05, 0) is 6.92 Å². The second-order valence-corrected chi connectivity index (χ2v) is 3.10. The Morgan fingerprint density at radius 1 is 1.36 bits per heavy atom. The number of hydrogen-bond donors (Lipinski definition) is 1. The van der Waals surface area contributed by atoms with Crippen molar-refractivity contribution in [1.29, 1.82) is 0 Å². The monoisotopic (exact) mass is 195 g/mol. The maximum absolute atomic E-state index is 11.3. The smallest absolute Gasteiger partial charge is 0.230 e. The second-order valence-electron chi connectivity index (χ2n) is 3.10. The van der Waals surface area contributed by atoms with Crippen LogP contribution in [0.2, 0.25) is 0 Å². The molecule has 0 radical (unpaired) electrons. The summed E-state index contributed by atoms with van der Waals surface area (Å²) in [6, 6.07) is -0.434. The normalized spacial score (nSPS) is 19.1. The van der Waals surface area contributed by atoms with Crippen LogP contribution in [0.5, 0.6) is 0 Å². The van der Waals surface area contributed by atoms with Gasteiger partial charge in [0.15, 0.2) is 5.82 Å². The van der Waals surface area contributed by atoms with E-state index in [9.17, 15) is 9.59 Å². The molecule has 0 spiro atoms. The first-order valence-corrected chi connectivity index (χ1v) is 4.28. The van der Waals surface area contributed by atoms with Crippen molar-refractivity contribution in [2.75, 3.05) is 0 Å². The van der Waals surface area contributed by atoms with Crippen LogP contribution in [0.25, 0.3) is 0 Å². The van der Waals surface area contributed by atoms with E-state index < -0.39 is 6.04 Å². The molecule has 1 unspecified atom stereocenters. The van der Waals surface area contributed by atoms with Crippen molar-refractivity contribution in [2.24, 2.45) is 0 Å². The molecule has 0 aliphatic carbocycles. The van der Waals surface area contributed by atoms with E-state index in [1.54, 1.807) is 6.92 Å². The molecule has 1 fully saturated rings. The average Bonchev–Trinajstić information content (AvgIpc) is 2.75. The molecule has 0 aromatic carbocycles. The molecule has 2 amide bonds. The maximum Gasteiger partial charge on any atom is 0.230 e. The van der Waals surface area contributed by atoms with Crippen LogP contribution in [-0.2, 0) is 9.59 Å². The number of amides is 2. The van der Waals surface area contributed by atoms with Crippen molar-refractivity contribution in [3.63, 3.8) is 0 Å². The number of aromatic nitrogens is 4. The van der Waals surface area contributed by atoms with Gasteiger partial charge in [0.2, 0.25) is 11.8 Å². The molecular weight excluding hydrogens is 186 g/mol. The third-order valence-electron chi connectivity index (χ3n) is 2.21. The van der Waals surface area contributed by atoms with Gasteiger partial charge in [-0.1, -0.05) is 5.21 Å². The summed E-state index contributed by atoms with van der Waals surface area (Å²) < 4.78 is 0. The van der Waals surface area contributed by atoms with Crippen LogP contribution in [0.4, 0.5) is 0 Å². The lowest BCUT2D eigenvalue weighted by molar-refractivity contribution is -0.141. The highest BCUT2D eigenvalue weighted by Crippen LogP contribution is 2.23. The quantitative estimate of drug-likeness (QED) is 0.637. The largest absolute Gasteiger partial charge is 0.274 e. The van der Waals surface area contributed by atoms with Gasteiger partial charge in [-0.25, -0.2) is 0 Å². The summed E-state index contributed by atoms with van der Waals surface area (Å²) in [6.07, 6.45) is 0.558. The number of carbonyl (C=O) groups excluding carboxylic acids is 2. The fourth-order valence-electron chi connectivity index (χ4n) is 1.49. The minimum Gasteiger partial charge on any atom is -0.274 e. The fraction of sp³-hybridized carbons (Fsp3) is 0.571. The van der Waals surface area contributed by atoms with Gasteiger partial charge >= 0.3 is 0 Å². The van der Waals surface area contributed by atoms with Crippen LogP contribution in [0, 0.1) is 0 Å². The number of hydrogen-bond acceptors (Lipinski definition) is 5. The van der Waals surface area contributed by atoms with Gasteiger partial charge in [0.25, 0.3) is 0 Å². The van der Waals surface area contributed by atoms with E-state index >= 15 is 0 Å². The Morgan fingerprint density at radius 2 is 2.00 bits per heavy atom. The third kappa shape index (κ3) is 1.26. The number of aromatic amines is 1. The molecule has 1 aliphatic heterocycles. The molecule has 0 bridgehead atoms. The van der Waals surface area contributed by atoms with Crippen LogP contribution in [0.15, 0.2) is 0 Å². The first-order valence-electron chi connectivity index (χ1n) is 4.28. The van der Waals surface area contributed by atoms with E-state index in [0.717, 1.165) is 0 Å². The Balaban J connectivity index is 2.22. The number of carbonyl (C=O) groups is 2. The molecule has 1 aromatic rings. The van der Waals surface area contributed by atoms with E-state index in [2.05, 4.69) is 20.6 Å². The summed E-state index contributed by atoms with van der Waals surface area (Å²) in [4.78, 5) is 23.9. The first-order chi connectivity index (χ1) is 6.70. The van der Waals surface area contributed by atoms with Gasteiger partial charge in [-0.3, -0.25) is 14.5 Å². The van der Waals surface area contributed by atoms with Gasteiger partial charge in [0, 0.05) is 12.8 Å². The van der Waals surface area contributed by atoms with Crippen molar-refractivity contribution in [1.82, 2.24) is 25.5 Å². The minimum absolute atomic E-state index is 0.174. The number of nitrogens with zero attached hydrogens (tertiary/aromatic N) is 4. The number of likely N-dealkylation sites (tertiary alicyclic amines) is 1. The van der Waals surface area contributed by atoms with Crippen LogP contribution >= 0.6 is 0 Å². The fourth-order valence-corrected chi connectivity index (χ4v) is 1.49. The van der Waals surface area contributed by atoms with Crippen molar-refractivity contribution in [2.45, 2.75) is 25.8 Å². The van der Waals surface area contributed by atoms with Crippen molar-refractivity contribution >= 4 is 11.8 Å². The molecule has 0 saturated carbocycles. The highest BCUT2D eigenvalue weighted by Gasteiger charge is 2.35. The Bertz CT molecular complexity index is 344. The van der Waals surface area contributed by atoms with Crippen LogP contribution in [-0.4, -0.2) is 37.3 Å². The summed E-state index contributed by atoms with van der Waals surface area (Å²) in [7, 11) is 0. The zero-order valence-corrected chi connectivity index (χ0v) is 7.60. The highest BCUT2D eigenvalue weighted by atomic mass is 16.2. The Hall–Kier alpha value is -1.79. The Kier molecular flexibility index (Phi) is 1.99. The number of imide groups is 1. The Morgan fingerprint density at radius 3 is 2.50 bits per heavy atom. The lowest BCUT2D eigenvalue weighted by Crippen LogP contribution is -2.32. The third-order valence-corrected chi connectivity index (χ3v) is 2.21. The summed E-state index contributed by atoms with van der Waals surface area (Å²) in [5.41, 5.74) is 0. The first kappa shape index (κ1) is 8.79. The van der Waals surface area contributed by atoms with Crippen LogP contribution < -0.4 is 0 Å². The zero-order valence-electron chi connectivity index (χ0n) is 7.60. The van der Waals surface area contributed by atoms with E-state index in [1.165, 1.54) is 4.90 Å². The predicted molar refractivity (Wildman–Crippen MR) is 43.7 cm³/mol. The lowest BCUT2D eigenvalue weighted by Gasteiger charge is -2.18. The van der Waals surface area contributed by atoms with E-state index in [0.29, 0.717) is 5.82 Å². The predicted octanol–water partition coefficient (Wildman–Crippen LogP) is -0.590. The summed E-state index contributed by atoms with van der Waals surface area (Å²) in [5.74, 6) is 0.00759. The molecule has 74 valence electrons. The molecule has 7 heteroatoms. The van der Waals surface area contributed by atoms with Gasteiger partial charge in [0.1, 0.15) is 6.04 Å². The molecule has 1 aliphatic rings. The number of tetrazole rings is 1. The van der Waals surface area contributed by atoms with Crippen LogP contribution in [0.3, 0.4) is 0 Å². The zero-order chi connectivity index (χ0) is 10.1. The number of rotatable bonds is 2. The summed E-state index contributed by atoms with van der Waals surface area (Å²) >= 11 is 0. The molecule has 2 heterocycles. The molecule has 14 heavy (non-hydrogen) atoms. The number of nitrogens with one attached hydrogen (secondary N) is 1. The lowest BCUT2D eigenvalue weighted by atomic mass is 10.3. The maximum atomic E-state index is 11.3. The Labute approximate surface area is 79.5 Å². The summed E-state index contributed by atoms with van der Waals surface area (Å²) in [5, 5.41) is 13.1. The topological polar surface area (TPSA) is 91.8 Å². The average molecular weight is 195 g/mol. The second kappa shape index (κ2) is 3.17. The molecule has 1 atom stereocenters. The molecule has 7 nitrogen and oxygen atoms in total. The standard InChI is InChI=1S/C7H9N5O2/c1-4(7-8-10-11-9-7)12-5(13)2-3-6(12)14/h4H,2-3H2,1H3,(H,8,9,10,11). The van der Waals surface area contributed by atoms with Gasteiger partial charge in [0.05, 0.1) is 0 Å². The number of H-pyrrole nitrogens is 1. The highest BCUT2D eigenvalue weighted by molar-refractivity contribution is 6.02. The molecule has 2 rings (SSSR count). The van der Waals surface area contributed by atoms with E-state index in [4.69, 9.17) is 0 Å². The SMILES string of the molecule is CC(c1nn[nH]n1)N1C(=O)CCC1=O. The molecular formula is C7H9N5O2. The van der Waals surface area contributed by atoms with Crippen LogP contribution in [0.1, 0.15) is 31.6 Å².